The summed E-state index contributed by atoms with van der Waals surface area (Å²) in [4.78, 5) is 17.8. The van der Waals surface area contributed by atoms with Gasteiger partial charge < -0.3 is 9.88 Å². The van der Waals surface area contributed by atoms with Crippen molar-refractivity contribution < 1.29 is 0 Å². The summed E-state index contributed by atoms with van der Waals surface area (Å²) in [6.07, 6.45) is 1.65. The minimum Gasteiger partial charge on any atom is -0.363 e. The minimum absolute atomic E-state index is 0.350. The molecule has 1 N–H and O–H groups in total. The molecule has 0 aliphatic carbocycles. The van der Waals surface area contributed by atoms with Crippen molar-refractivity contribution in [3.8, 4) is 17.5 Å². The molecule has 2 aromatic heterocycles. The van der Waals surface area contributed by atoms with E-state index in [0.29, 0.717) is 17.3 Å². The number of nitrogens with one attached hydrogen (secondary N) is 1. The topological polar surface area (TPSA) is 81.5 Å². The van der Waals surface area contributed by atoms with E-state index in [1.807, 2.05) is 37.2 Å². The van der Waals surface area contributed by atoms with Crippen molar-refractivity contribution >= 4 is 16.9 Å². The molecule has 0 aliphatic heterocycles. The molecule has 6 heteroatoms. The number of anilines is 1. The van der Waals surface area contributed by atoms with Crippen LogP contribution in [-0.2, 0) is 0 Å². The molecular weight excluding hydrogens is 252 g/mol. The Kier molecular flexibility index (Phi) is 2.80. The van der Waals surface area contributed by atoms with Gasteiger partial charge in [0.2, 0.25) is 0 Å². The second-order valence-electron chi connectivity index (χ2n) is 4.58. The van der Waals surface area contributed by atoms with E-state index in [2.05, 4.69) is 26.0 Å². The third-order valence-corrected chi connectivity index (χ3v) is 2.96. The van der Waals surface area contributed by atoms with E-state index in [0.717, 1.165) is 16.6 Å². The summed E-state index contributed by atoms with van der Waals surface area (Å²) in [6, 6.07) is 9.46. The predicted octanol–water partition coefficient (Wildman–Crippen LogP) is 1.96. The molecule has 0 aliphatic rings. The molecular formula is C14H12N6. The lowest BCUT2D eigenvalue weighted by atomic mass is 10.2. The quantitative estimate of drug-likeness (QED) is 0.765. The zero-order valence-corrected chi connectivity index (χ0v) is 11.1. The maximum absolute atomic E-state index is 9.08. The van der Waals surface area contributed by atoms with Crippen LogP contribution in [0.2, 0.25) is 0 Å². The molecule has 2 heterocycles. The van der Waals surface area contributed by atoms with Gasteiger partial charge in [0, 0.05) is 25.7 Å². The number of nitriles is 1. The molecule has 0 spiro atoms. The van der Waals surface area contributed by atoms with Crippen molar-refractivity contribution in [1.29, 1.82) is 5.26 Å². The molecule has 0 fully saturated rings. The maximum Gasteiger partial charge on any atom is 0.163 e. The first-order valence-corrected chi connectivity index (χ1v) is 6.07. The number of rotatable bonds is 2. The van der Waals surface area contributed by atoms with Crippen LogP contribution in [0.3, 0.4) is 0 Å². The fourth-order valence-electron chi connectivity index (χ4n) is 1.92. The molecule has 0 saturated carbocycles. The zero-order valence-electron chi connectivity index (χ0n) is 11.1. The van der Waals surface area contributed by atoms with Crippen LogP contribution in [-0.4, -0.2) is 34.0 Å². The molecule has 20 heavy (non-hydrogen) atoms. The van der Waals surface area contributed by atoms with Crippen LogP contribution in [0.4, 0.5) is 5.82 Å². The van der Waals surface area contributed by atoms with Gasteiger partial charge in [0.05, 0.1) is 17.4 Å². The summed E-state index contributed by atoms with van der Waals surface area (Å²) in [5, 5.41) is 9.08. The average molecular weight is 264 g/mol. The van der Waals surface area contributed by atoms with E-state index in [9.17, 15) is 0 Å². The Labute approximate surface area is 115 Å². The van der Waals surface area contributed by atoms with Gasteiger partial charge in [-0.05, 0) is 18.2 Å². The molecule has 0 atom stereocenters. The van der Waals surface area contributed by atoms with Crippen molar-refractivity contribution in [3.05, 3.63) is 36.3 Å². The summed E-state index contributed by atoms with van der Waals surface area (Å²) in [6.45, 7) is 0. The fourth-order valence-corrected chi connectivity index (χ4v) is 1.92. The largest absolute Gasteiger partial charge is 0.363 e. The van der Waals surface area contributed by atoms with Crippen molar-refractivity contribution in [1.82, 2.24) is 19.9 Å². The summed E-state index contributed by atoms with van der Waals surface area (Å²) in [5.41, 5.74) is 3.00. The highest BCUT2D eigenvalue weighted by atomic mass is 15.1. The molecule has 0 amide bonds. The summed E-state index contributed by atoms with van der Waals surface area (Å²) in [5.74, 6) is 1.24. The Hall–Kier alpha value is -2.94. The van der Waals surface area contributed by atoms with E-state index in [1.54, 1.807) is 12.4 Å². The molecule has 6 nitrogen and oxygen atoms in total. The van der Waals surface area contributed by atoms with Gasteiger partial charge in [0.25, 0.3) is 0 Å². The molecule has 98 valence electrons. The van der Waals surface area contributed by atoms with Gasteiger partial charge in [-0.1, -0.05) is 0 Å². The van der Waals surface area contributed by atoms with Crippen LogP contribution >= 0.6 is 0 Å². The van der Waals surface area contributed by atoms with Crippen LogP contribution in [0.25, 0.3) is 22.4 Å². The third kappa shape index (κ3) is 2.06. The Morgan fingerprint density at radius 2 is 2.05 bits per heavy atom. The lowest BCUT2D eigenvalue weighted by molar-refractivity contribution is 1.03. The number of hydrogen-bond donors (Lipinski definition) is 1. The van der Waals surface area contributed by atoms with Gasteiger partial charge in [0.1, 0.15) is 17.6 Å². The fraction of sp³-hybridized carbons (Fsp3) is 0.143. The van der Waals surface area contributed by atoms with Crippen molar-refractivity contribution in [2.45, 2.75) is 0 Å². The van der Waals surface area contributed by atoms with Crippen LogP contribution < -0.4 is 4.90 Å². The van der Waals surface area contributed by atoms with Crippen LogP contribution in [0.15, 0.2) is 30.6 Å². The molecule has 1 aromatic carbocycles. The van der Waals surface area contributed by atoms with E-state index >= 15 is 0 Å². The second kappa shape index (κ2) is 4.63. The van der Waals surface area contributed by atoms with Crippen molar-refractivity contribution in [2.24, 2.45) is 0 Å². The Morgan fingerprint density at radius 1 is 1.20 bits per heavy atom. The Balaban J connectivity index is 2.17. The summed E-state index contributed by atoms with van der Waals surface area (Å²) >= 11 is 0. The monoisotopic (exact) mass is 264 g/mol. The number of aromatic nitrogens is 4. The number of aromatic amines is 1. The smallest absolute Gasteiger partial charge is 0.163 e. The highest BCUT2D eigenvalue weighted by Gasteiger charge is 2.09. The summed E-state index contributed by atoms with van der Waals surface area (Å²) < 4.78 is 0. The highest BCUT2D eigenvalue weighted by Crippen LogP contribution is 2.22. The van der Waals surface area contributed by atoms with Gasteiger partial charge in [-0.15, -0.1) is 0 Å². The second-order valence-corrected chi connectivity index (χ2v) is 4.58. The number of imidazole rings is 1. The van der Waals surface area contributed by atoms with Gasteiger partial charge in [-0.2, -0.15) is 5.26 Å². The molecule has 0 radical (unpaired) electrons. The minimum atomic E-state index is 0.350. The Morgan fingerprint density at radius 3 is 2.80 bits per heavy atom. The van der Waals surface area contributed by atoms with Crippen LogP contribution in [0.1, 0.15) is 5.69 Å². The van der Waals surface area contributed by atoms with E-state index in [4.69, 9.17) is 5.26 Å². The number of H-pyrrole nitrogens is 1. The Bertz CT molecular complexity index is 812. The number of hydrogen-bond acceptors (Lipinski definition) is 5. The zero-order chi connectivity index (χ0) is 14.1. The van der Waals surface area contributed by atoms with E-state index < -0.39 is 0 Å². The van der Waals surface area contributed by atoms with Crippen LogP contribution in [0, 0.1) is 11.3 Å². The SMILES string of the molecule is CN(C)c1cc(C#N)nc(-c2ccc3nc[nH]c3c2)n1. The highest BCUT2D eigenvalue weighted by molar-refractivity contribution is 5.80. The van der Waals surface area contributed by atoms with E-state index in [1.165, 1.54) is 0 Å². The average Bonchev–Trinajstić information content (AvgIpc) is 2.94. The third-order valence-electron chi connectivity index (χ3n) is 2.96. The number of nitrogens with zero attached hydrogens (tertiary/aromatic N) is 5. The summed E-state index contributed by atoms with van der Waals surface area (Å²) in [7, 11) is 3.76. The van der Waals surface area contributed by atoms with Crippen LogP contribution in [0.5, 0.6) is 0 Å². The predicted molar refractivity (Wildman–Crippen MR) is 76.2 cm³/mol. The van der Waals surface area contributed by atoms with Crippen molar-refractivity contribution in [3.63, 3.8) is 0 Å². The number of fused-ring (bicyclic) bond motifs is 1. The molecule has 3 aromatic rings. The van der Waals surface area contributed by atoms with Gasteiger partial charge in [0.15, 0.2) is 5.82 Å². The lowest BCUT2D eigenvalue weighted by Gasteiger charge is -2.12. The molecule has 0 saturated heterocycles. The molecule has 3 rings (SSSR count). The van der Waals surface area contributed by atoms with Gasteiger partial charge in [-0.3, -0.25) is 0 Å². The lowest BCUT2D eigenvalue weighted by Crippen LogP contribution is -2.12. The van der Waals surface area contributed by atoms with Gasteiger partial charge >= 0.3 is 0 Å². The standard InChI is InChI=1S/C14H12N6/c1-20(2)13-6-10(7-15)18-14(19-13)9-3-4-11-12(5-9)17-8-16-11/h3-6,8H,1-2H3,(H,16,17). The first-order chi connectivity index (χ1) is 9.67. The molecule has 0 bridgehead atoms. The maximum atomic E-state index is 9.08. The first-order valence-electron chi connectivity index (χ1n) is 6.07. The first kappa shape index (κ1) is 12.1. The van der Waals surface area contributed by atoms with Crippen molar-refractivity contribution in [2.75, 3.05) is 19.0 Å². The van der Waals surface area contributed by atoms with E-state index in [-0.39, 0.29) is 0 Å². The normalized spacial score (nSPS) is 10.4. The van der Waals surface area contributed by atoms with Gasteiger partial charge in [-0.25, -0.2) is 15.0 Å². The molecule has 0 unspecified atom stereocenters. The number of benzene rings is 1.